The van der Waals surface area contributed by atoms with Crippen LogP contribution < -0.4 is 5.32 Å². The average Bonchev–Trinajstić information content (AvgIpc) is 2.75. The summed E-state index contributed by atoms with van der Waals surface area (Å²) >= 11 is 0. The van der Waals surface area contributed by atoms with Crippen molar-refractivity contribution < 1.29 is 14.3 Å². The van der Waals surface area contributed by atoms with Gasteiger partial charge in [-0.15, -0.1) is 0 Å². The summed E-state index contributed by atoms with van der Waals surface area (Å²) in [6.07, 6.45) is 2.13. The number of carbonyl (C=O) groups is 2. The molecule has 0 bridgehead atoms. The van der Waals surface area contributed by atoms with Crippen LogP contribution in [0.15, 0.2) is 30.5 Å². The van der Waals surface area contributed by atoms with Crippen molar-refractivity contribution >= 4 is 23.6 Å². The second-order valence-corrected chi connectivity index (χ2v) is 6.83. The second-order valence-electron chi connectivity index (χ2n) is 6.83. The molecule has 8 heteroatoms. The quantitative estimate of drug-likeness (QED) is 0.834. The molecule has 0 unspecified atom stereocenters. The number of nitrogens with one attached hydrogen (secondary N) is 1. The molecule has 0 spiro atoms. The monoisotopic (exact) mass is 397 g/mol. The van der Waals surface area contributed by atoms with Crippen LogP contribution in [-0.2, 0) is 11.2 Å². The molecule has 1 aromatic carbocycles. The van der Waals surface area contributed by atoms with Crippen molar-refractivity contribution in [1.29, 1.82) is 0 Å². The molecule has 1 aromatic heterocycles. The first-order valence-electron chi connectivity index (χ1n) is 9.93. The Balaban J connectivity index is 1.69. The molecule has 1 saturated heterocycles. The van der Waals surface area contributed by atoms with Crippen molar-refractivity contribution in [3.63, 3.8) is 0 Å². The normalized spacial score (nSPS) is 13.9. The van der Waals surface area contributed by atoms with E-state index in [9.17, 15) is 9.59 Å². The van der Waals surface area contributed by atoms with Gasteiger partial charge in [-0.3, -0.25) is 4.79 Å². The van der Waals surface area contributed by atoms with E-state index in [0.717, 1.165) is 17.7 Å². The molecule has 0 atom stereocenters. The fourth-order valence-electron chi connectivity index (χ4n) is 3.32. The SMILES string of the molecule is CCOC(=O)N1CCN(C(=O)c2ccnc(Nc3c(C)cccc3CC)n2)CC1. The Morgan fingerprint density at radius 1 is 1.10 bits per heavy atom. The standard InChI is InChI=1S/C21H27N5O3/c1-4-16-8-6-7-15(3)18(16)24-20-22-10-9-17(23-20)19(27)25-11-13-26(14-12-25)21(28)29-5-2/h6-10H,4-5,11-14H2,1-3H3,(H,22,23,24). The van der Waals surface area contributed by atoms with Gasteiger partial charge in [0.2, 0.25) is 5.95 Å². The summed E-state index contributed by atoms with van der Waals surface area (Å²) < 4.78 is 5.02. The maximum absolute atomic E-state index is 12.9. The summed E-state index contributed by atoms with van der Waals surface area (Å²) in [5.41, 5.74) is 3.57. The Morgan fingerprint density at radius 3 is 2.52 bits per heavy atom. The Morgan fingerprint density at radius 2 is 1.83 bits per heavy atom. The summed E-state index contributed by atoms with van der Waals surface area (Å²) in [6, 6.07) is 7.73. The topological polar surface area (TPSA) is 87.7 Å². The Labute approximate surface area is 170 Å². The lowest BCUT2D eigenvalue weighted by atomic mass is 10.1. The Bertz CT molecular complexity index is 878. The van der Waals surface area contributed by atoms with E-state index < -0.39 is 0 Å². The zero-order valence-electron chi connectivity index (χ0n) is 17.1. The van der Waals surface area contributed by atoms with Crippen molar-refractivity contribution in [2.24, 2.45) is 0 Å². The highest BCUT2D eigenvalue weighted by molar-refractivity contribution is 5.92. The van der Waals surface area contributed by atoms with Gasteiger partial charge in [0.05, 0.1) is 6.61 Å². The highest BCUT2D eigenvalue weighted by atomic mass is 16.6. The minimum absolute atomic E-state index is 0.167. The van der Waals surface area contributed by atoms with Crippen LogP contribution in [0.1, 0.15) is 35.5 Å². The number of hydrogen-bond donors (Lipinski definition) is 1. The van der Waals surface area contributed by atoms with Crippen molar-refractivity contribution in [3.8, 4) is 0 Å². The van der Waals surface area contributed by atoms with Crippen LogP contribution in [0.3, 0.4) is 0 Å². The van der Waals surface area contributed by atoms with Crippen molar-refractivity contribution in [3.05, 3.63) is 47.3 Å². The van der Waals surface area contributed by atoms with Crippen molar-refractivity contribution in [2.75, 3.05) is 38.1 Å². The van der Waals surface area contributed by atoms with Crippen LogP contribution in [-0.4, -0.2) is 64.6 Å². The number of amides is 2. The highest BCUT2D eigenvalue weighted by Crippen LogP contribution is 2.24. The summed E-state index contributed by atoms with van der Waals surface area (Å²) in [7, 11) is 0. The summed E-state index contributed by atoms with van der Waals surface area (Å²) in [6.45, 7) is 8.03. The molecular formula is C21H27N5O3. The van der Waals surface area contributed by atoms with E-state index in [4.69, 9.17) is 4.74 Å². The van der Waals surface area contributed by atoms with E-state index in [1.807, 2.05) is 19.1 Å². The molecule has 1 aliphatic rings. The Hall–Kier alpha value is -3.16. The molecule has 0 radical (unpaired) electrons. The molecule has 1 N–H and O–H groups in total. The third kappa shape index (κ3) is 4.82. The molecule has 0 aliphatic carbocycles. The van der Waals surface area contributed by atoms with Crippen LogP contribution >= 0.6 is 0 Å². The molecular weight excluding hydrogens is 370 g/mol. The summed E-state index contributed by atoms with van der Waals surface area (Å²) in [5, 5.41) is 3.26. The number of para-hydroxylation sites is 1. The van der Waals surface area contributed by atoms with Crippen LogP contribution in [0.25, 0.3) is 0 Å². The van der Waals surface area contributed by atoms with Gasteiger partial charge in [-0.1, -0.05) is 25.1 Å². The summed E-state index contributed by atoms with van der Waals surface area (Å²) in [4.78, 5) is 36.7. The lowest BCUT2D eigenvalue weighted by molar-refractivity contribution is 0.0566. The molecule has 8 nitrogen and oxygen atoms in total. The van der Waals surface area contributed by atoms with Gasteiger partial charge in [0.25, 0.3) is 5.91 Å². The number of nitrogens with zero attached hydrogens (tertiary/aromatic N) is 4. The van der Waals surface area contributed by atoms with E-state index in [1.54, 1.807) is 29.0 Å². The first-order chi connectivity index (χ1) is 14.0. The number of benzene rings is 1. The highest BCUT2D eigenvalue weighted by Gasteiger charge is 2.26. The van der Waals surface area contributed by atoms with Gasteiger partial charge in [0.1, 0.15) is 5.69 Å². The largest absolute Gasteiger partial charge is 0.450 e. The maximum atomic E-state index is 12.9. The number of aryl methyl sites for hydroxylation is 2. The number of anilines is 2. The lowest BCUT2D eigenvalue weighted by Gasteiger charge is -2.33. The Kier molecular flexibility index (Phi) is 6.64. The zero-order valence-corrected chi connectivity index (χ0v) is 17.1. The molecule has 0 saturated carbocycles. The van der Waals surface area contributed by atoms with E-state index in [0.29, 0.717) is 44.4 Å². The molecule has 1 aliphatic heterocycles. The summed E-state index contributed by atoms with van der Waals surface area (Å²) in [5.74, 6) is 0.226. The second kappa shape index (κ2) is 9.36. The number of rotatable bonds is 5. The van der Waals surface area contributed by atoms with Gasteiger partial charge in [0.15, 0.2) is 0 Å². The predicted molar refractivity (Wildman–Crippen MR) is 110 cm³/mol. The molecule has 2 aromatic rings. The molecule has 2 heterocycles. The van der Waals surface area contributed by atoms with Gasteiger partial charge in [0, 0.05) is 38.1 Å². The van der Waals surface area contributed by atoms with E-state index >= 15 is 0 Å². The van der Waals surface area contributed by atoms with Gasteiger partial charge < -0.3 is 19.9 Å². The van der Waals surface area contributed by atoms with Gasteiger partial charge >= 0.3 is 6.09 Å². The molecule has 2 amide bonds. The van der Waals surface area contributed by atoms with Crippen molar-refractivity contribution in [1.82, 2.24) is 19.8 Å². The maximum Gasteiger partial charge on any atom is 0.409 e. The lowest BCUT2D eigenvalue weighted by Crippen LogP contribution is -2.50. The van der Waals surface area contributed by atoms with Crippen LogP contribution in [0.2, 0.25) is 0 Å². The van der Waals surface area contributed by atoms with E-state index in [1.165, 1.54) is 5.56 Å². The van der Waals surface area contributed by atoms with E-state index in [2.05, 4.69) is 28.3 Å². The van der Waals surface area contributed by atoms with Gasteiger partial charge in [-0.05, 0) is 37.5 Å². The molecule has 29 heavy (non-hydrogen) atoms. The number of piperazine rings is 1. The number of hydrogen-bond acceptors (Lipinski definition) is 6. The minimum Gasteiger partial charge on any atom is -0.450 e. The minimum atomic E-state index is -0.335. The van der Waals surface area contributed by atoms with Crippen LogP contribution in [0, 0.1) is 6.92 Å². The van der Waals surface area contributed by atoms with Crippen molar-refractivity contribution in [2.45, 2.75) is 27.2 Å². The third-order valence-electron chi connectivity index (χ3n) is 4.94. The number of ether oxygens (including phenoxy) is 1. The van der Waals surface area contributed by atoms with Crippen LogP contribution in [0.5, 0.6) is 0 Å². The third-order valence-corrected chi connectivity index (χ3v) is 4.94. The van der Waals surface area contributed by atoms with Gasteiger partial charge in [-0.2, -0.15) is 0 Å². The number of aromatic nitrogens is 2. The first-order valence-corrected chi connectivity index (χ1v) is 9.93. The van der Waals surface area contributed by atoms with Gasteiger partial charge in [-0.25, -0.2) is 14.8 Å². The van der Waals surface area contributed by atoms with Crippen LogP contribution in [0.4, 0.5) is 16.4 Å². The predicted octanol–water partition coefficient (Wildman–Crippen LogP) is 3.01. The fourth-order valence-corrected chi connectivity index (χ4v) is 3.32. The molecule has 1 fully saturated rings. The average molecular weight is 397 g/mol. The van der Waals surface area contributed by atoms with E-state index in [-0.39, 0.29) is 12.0 Å². The zero-order chi connectivity index (χ0) is 20.8. The molecule has 154 valence electrons. The first kappa shape index (κ1) is 20.6. The smallest absolute Gasteiger partial charge is 0.409 e. The molecule has 3 rings (SSSR count). The number of carbonyl (C=O) groups excluding carboxylic acids is 2. The fraction of sp³-hybridized carbons (Fsp3) is 0.429.